The van der Waals surface area contributed by atoms with Crippen LogP contribution >= 0.6 is 23.2 Å². The number of nitrogens with zero attached hydrogens (tertiary/aromatic N) is 3. The molecule has 0 N–H and O–H groups in total. The number of anilines is 1. The van der Waals surface area contributed by atoms with Gasteiger partial charge in [0.05, 0.1) is 22.3 Å². The molecule has 0 amide bonds. The van der Waals surface area contributed by atoms with Crippen LogP contribution in [0.4, 0.5) is 5.69 Å². The van der Waals surface area contributed by atoms with Crippen LogP contribution in [-0.4, -0.2) is 20.4 Å². The highest BCUT2D eigenvalue weighted by molar-refractivity contribution is 7.92. The first kappa shape index (κ1) is 15.6. The molecule has 1 heterocycles. The third-order valence-electron chi connectivity index (χ3n) is 2.79. The molecule has 0 unspecified atom stereocenters. The summed E-state index contributed by atoms with van der Waals surface area (Å²) in [6.07, 6.45) is 1.14. The van der Waals surface area contributed by atoms with Crippen LogP contribution < -0.4 is 4.31 Å². The van der Waals surface area contributed by atoms with Crippen molar-refractivity contribution >= 4 is 38.9 Å². The summed E-state index contributed by atoms with van der Waals surface area (Å²) in [5.41, 5.74) is 0.862. The van der Waals surface area contributed by atoms with Crippen molar-refractivity contribution in [2.75, 3.05) is 11.4 Å². The van der Waals surface area contributed by atoms with Crippen molar-refractivity contribution in [2.24, 2.45) is 0 Å². The van der Waals surface area contributed by atoms with Crippen LogP contribution in [0.2, 0.25) is 10.2 Å². The van der Waals surface area contributed by atoms with Crippen molar-refractivity contribution in [1.29, 1.82) is 5.26 Å². The van der Waals surface area contributed by atoms with Gasteiger partial charge in [-0.15, -0.1) is 0 Å². The fraction of sp³-hybridized carbons (Fsp3) is 0.0769. The molecular formula is C13H9Cl2N3O2S. The highest BCUT2D eigenvalue weighted by Crippen LogP contribution is 2.26. The Kier molecular flexibility index (Phi) is 4.37. The third-order valence-corrected chi connectivity index (χ3v) is 5.23. The Balaban J connectivity index is 2.42. The van der Waals surface area contributed by atoms with Crippen molar-refractivity contribution in [2.45, 2.75) is 4.90 Å². The fourth-order valence-electron chi connectivity index (χ4n) is 1.59. The van der Waals surface area contributed by atoms with Gasteiger partial charge in [-0.05, 0) is 30.3 Å². The number of hydrogen-bond acceptors (Lipinski definition) is 4. The summed E-state index contributed by atoms with van der Waals surface area (Å²) in [7, 11) is -2.40. The van der Waals surface area contributed by atoms with Gasteiger partial charge in [-0.2, -0.15) is 5.26 Å². The predicted molar refractivity (Wildman–Crippen MR) is 81.0 cm³/mol. The summed E-state index contributed by atoms with van der Waals surface area (Å²) >= 11 is 11.5. The topological polar surface area (TPSA) is 74.1 Å². The van der Waals surface area contributed by atoms with Crippen LogP contribution in [-0.2, 0) is 10.0 Å². The minimum absolute atomic E-state index is 0.0386. The van der Waals surface area contributed by atoms with E-state index >= 15 is 0 Å². The Morgan fingerprint density at radius 3 is 2.38 bits per heavy atom. The summed E-state index contributed by atoms with van der Waals surface area (Å²) in [5, 5.41) is 8.84. The van der Waals surface area contributed by atoms with E-state index in [0.717, 1.165) is 10.5 Å². The summed E-state index contributed by atoms with van der Waals surface area (Å²) in [6.45, 7) is 0. The van der Waals surface area contributed by atoms with Gasteiger partial charge < -0.3 is 0 Å². The molecule has 0 aliphatic carbocycles. The molecule has 0 saturated carbocycles. The highest BCUT2D eigenvalue weighted by Gasteiger charge is 2.22. The lowest BCUT2D eigenvalue weighted by atomic mass is 10.2. The first-order valence-corrected chi connectivity index (χ1v) is 7.86. The van der Waals surface area contributed by atoms with E-state index in [1.807, 2.05) is 6.07 Å². The minimum atomic E-state index is -3.81. The Hall–Kier alpha value is -1.81. The molecule has 0 spiro atoms. The van der Waals surface area contributed by atoms with E-state index in [1.54, 1.807) is 12.1 Å². The highest BCUT2D eigenvalue weighted by atomic mass is 35.5. The van der Waals surface area contributed by atoms with Gasteiger partial charge in [0.1, 0.15) is 10.0 Å². The van der Waals surface area contributed by atoms with Crippen molar-refractivity contribution in [1.82, 2.24) is 4.98 Å². The number of nitriles is 1. The molecule has 8 heteroatoms. The van der Waals surface area contributed by atoms with Gasteiger partial charge in [-0.1, -0.05) is 23.2 Å². The average Bonchev–Trinajstić information content (AvgIpc) is 2.49. The molecular weight excluding hydrogens is 333 g/mol. The second kappa shape index (κ2) is 5.90. The molecule has 1 aromatic carbocycles. The Bertz CT molecular complexity index is 814. The summed E-state index contributed by atoms with van der Waals surface area (Å²) < 4.78 is 26.0. The van der Waals surface area contributed by atoms with E-state index in [1.165, 1.54) is 25.2 Å². The van der Waals surface area contributed by atoms with Crippen LogP contribution in [0.5, 0.6) is 0 Å². The standard InChI is InChI=1S/C13H9Cl2N3O2S/c1-18(10-4-2-9(7-16)3-5-10)21(19,20)11-6-12(14)13(15)17-8-11/h2-6,8H,1H3. The van der Waals surface area contributed by atoms with E-state index < -0.39 is 10.0 Å². The van der Waals surface area contributed by atoms with Gasteiger partial charge in [0.2, 0.25) is 0 Å². The van der Waals surface area contributed by atoms with Crippen LogP contribution in [0.25, 0.3) is 0 Å². The minimum Gasteiger partial charge on any atom is -0.269 e. The number of benzene rings is 1. The smallest absolute Gasteiger partial charge is 0.265 e. The summed E-state index contributed by atoms with van der Waals surface area (Å²) in [5.74, 6) is 0. The van der Waals surface area contributed by atoms with Crippen molar-refractivity contribution < 1.29 is 8.42 Å². The van der Waals surface area contributed by atoms with Crippen molar-refractivity contribution in [3.8, 4) is 6.07 Å². The second-order valence-corrected chi connectivity index (χ2v) is 6.81. The third kappa shape index (κ3) is 3.10. The molecule has 5 nitrogen and oxygen atoms in total. The van der Waals surface area contributed by atoms with Crippen LogP contribution in [0.3, 0.4) is 0 Å². The zero-order chi connectivity index (χ0) is 15.6. The maximum atomic E-state index is 12.5. The fourth-order valence-corrected chi connectivity index (χ4v) is 3.09. The molecule has 1 aromatic heterocycles. The molecule has 0 bridgehead atoms. The zero-order valence-corrected chi connectivity index (χ0v) is 13.1. The van der Waals surface area contributed by atoms with Crippen molar-refractivity contribution in [3.05, 3.63) is 52.3 Å². The van der Waals surface area contributed by atoms with Crippen LogP contribution in [0, 0.1) is 11.3 Å². The van der Waals surface area contributed by atoms with E-state index in [9.17, 15) is 8.42 Å². The molecule has 21 heavy (non-hydrogen) atoms. The van der Waals surface area contributed by atoms with Gasteiger partial charge >= 0.3 is 0 Å². The lowest BCUT2D eigenvalue weighted by molar-refractivity contribution is 0.594. The van der Waals surface area contributed by atoms with E-state index in [-0.39, 0.29) is 15.1 Å². The molecule has 2 rings (SSSR count). The molecule has 0 aliphatic heterocycles. The van der Waals surface area contributed by atoms with Gasteiger partial charge in [-0.25, -0.2) is 13.4 Å². The van der Waals surface area contributed by atoms with E-state index in [2.05, 4.69) is 4.98 Å². The van der Waals surface area contributed by atoms with Gasteiger partial charge in [-0.3, -0.25) is 4.31 Å². The van der Waals surface area contributed by atoms with Crippen LogP contribution in [0.1, 0.15) is 5.56 Å². The van der Waals surface area contributed by atoms with Gasteiger partial charge in [0, 0.05) is 13.2 Å². The number of pyridine rings is 1. The SMILES string of the molecule is CN(c1ccc(C#N)cc1)S(=O)(=O)c1cnc(Cl)c(Cl)c1. The number of aromatic nitrogens is 1. The van der Waals surface area contributed by atoms with E-state index in [4.69, 9.17) is 28.5 Å². The first-order chi connectivity index (χ1) is 9.86. The number of hydrogen-bond donors (Lipinski definition) is 0. The Morgan fingerprint density at radius 1 is 1.24 bits per heavy atom. The normalized spacial score (nSPS) is 11.0. The Morgan fingerprint density at radius 2 is 1.86 bits per heavy atom. The number of sulfonamides is 1. The van der Waals surface area contributed by atoms with Crippen LogP contribution in [0.15, 0.2) is 41.4 Å². The lowest BCUT2D eigenvalue weighted by Gasteiger charge is -2.19. The monoisotopic (exact) mass is 341 g/mol. The molecule has 0 atom stereocenters. The molecule has 0 aliphatic rings. The lowest BCUT2D eigenvalue weighted by Crippen LogP contribution is -2.26. The second-order valence-electron chi connectivity index (χ2n) is 4.07. The largest absolute Gasteiger partial charge is 0.269 e. The summed E-state index contributed by atoms with van der Waals surface area (Å²) in [4.78, 5) is 3.67. The molecule has 0 fully saturated rings. The average molecular weight is 342 g/mol. The van der Waals surface area contributed by atoms with Gasteiger partial charge in [0.25, 0.3) is 10.0 Å². The number of halogens is 2. The Labute approximate surface area is 132 Å². The first-order valence-electron chi connectivity index (χ1n) is 5.66. The zero-order valence-electron chi connectivity index (χ0n) is 10.8. The maximum absolute atomic E-state index is 12.5. The molecule has 0 saturated heterocycles. The predicted octanol–water partition coefficient (Wildman–Crippen LogP) is 3.09. The maximum Gasteiger partial charge on any atom is 0.265 e. The summed E-state index contributed by atoms with van der Waals surface area (Å²) in [6, 6.07) is 9.37. The number of rotatable bonds is 3. The van der Waals surface area contributed by atoms with E-state index in [0.29, 0.717) is 11.3 Å². The molecule has 0 radical (unpaired) electrons. The molecule has 2 aromatic rings. The van der Waals surface area contributed by atoms with Gasteiger partial charge in [0.15, 0.2) is 0 Å². The molecule has 108 valence electrons. The van der Waals surface area contributed by atoms with Crippen molar-refractivity contribution in [3.63, 3.8) is 0 Å². The quantitative estimate of drug-likeness (QED) is 0.804.